The molecular weight excluding hydrogens is 532 g/mol. The molecule has 38 heavy (non-hydrogen) atoms. The van der Waals surface area contributed by atoms with Gasteiger partial charge in [0.25, 0.3) is 11.5 Å². The first-order valence-corrected chi connectivity index (χ1v) is 12.5. The van der Waals surface area contributed by atoms with E-state index in [2.05, 4.69) is 25.6 Å². The van der Waals surface area contributed by atoms with Crippen molar-refractivity contribution in [1.29, 1.82) is 0 Å². The number of nitrogens with zero attached hydrogens (tertiary/aromatic N) is 4. The van der Waals surface area contributed by atoms with Gasteiger partial charge in [-0.15, -0.1) is 0 Å². The minimum Gasteiger partial charge on any atom is -0.494 e. The van der Waals surface area contributed by atoms with E-state index < -0.39 is 11.5 Å². The van der Waals surface area contributed by atoms with Crippen molar-refractivity contribution in [2.75, 3.05) is 56.9 Å². The van der Waals surface area contributed by atoms with Crippen LogP contribution in [0, 0.1) is 0 Å². The summed E-state index contributed by atoms with van der Waals surface area (Å²) >= 11 is 11.9. The van der Waals surface area contributed by atoms with Crippen molar-refractivity contribution in [3.8, 4) is 17.0 Å². The number of likely N-dealkylation sites (N-methyl/N-ethyl adjacent to an activating group) is 2. The van der Waals surface area contributed by atoms with Crippen LogP contribution in [0.3, 0.4) is 0 Å². The number of aromatic amines is 1. The molecule has 0 aliphatic heterocycles. The monoisotopic (exact) mass is 559 g/mol. The molecule has 2 aromatic heterocycles. The SMILES string of the molecule is COc1cc(N(C)CCN(C)C)c(NC(=O)C(F)Cl)cc1Nc1ncc(Cl)c(-c2c[nH]c3ccccc23)n1. The number of rotatable bonds is 10. The summed E-state index contributed by atoms with van der Waals surface area (Å²) in [5.41, 5.74) is 1.52. The van der Waals surface area contributed by atoms with Gasteiger partial charge in [-0.05, 0) is 26.2 Å². The number of hydrogen-bond donors (Lipinski definition) is 3. The van der Waals surface area contributed by atoms with Gasteiger partial charge in [0.2, 0.25) is 5.95 Å². The molecule has 0 radical (unpaired) electrons. The summed E-state index contributed by atoms with van der Waals surface area (Å²) in [7, 11) is 7.31. The average Bonchev–Trinajstić information content (AvgIpc) is 3.32. The largest absolute Gasteiger partial charge is 0.494 e. The topological polar surface area (TPSA) is 98.4 Å². The van der Waals surface area contributed by atoms with E-state index in [1.54, 1.807) is 12.1 Å². The van der Waals surface area contributed by atoms with Crippen LogP contribution >= 0.6 is 23.2 Å². The zero-order valence-electron chi connectivity index (χ0n) is 21.3. The number of aromatic nitrogens is 3. The first-order valence-electron chi connectivity index (χ1n) is 11.7. The predicted octanol–water partition coefficient (Wildman–Crippen LogP) is 5.50. The van der Waals surface area contributed by atoms with Crippen LogP contribution in [-0.2, 0) is 4.79 Å². The fourth-order valence-corrected chi connectivity index (χ4v) is 4.16. The highest BCUT2D eigenvalue weighted by atomic mass is 35.5. The molecular formula is C26H28Cl2FN7O2. The van der Waals surface area contributed by atoms with Gasteiger partial charge >= 0.3 is 0 Å². The molecule has 12 heteroatoms. The van der Waals surface area contributed by atoms with Crippen molar-refractivity contribution in [2.24, 2.45) is 0 Å². The zero-order chi connectivity index (χ0) is 27.4. The molecule has 2 heterocycles. The maximum absolute atomic E-state index is 13.5. The van der Waals surface area contributed by atoms with Crippen molar-refractivity contribution in [3.63, 3.8) is 0 Å². The third kappa shape index (κ3) is 6.09. The first kappa shape index (κ1) is 27.4. The summed E-state index contributed by atoms with van der Waals surface area (Å²) in [5, 5.41) is 7.05. The highest BCUT2D eigenvalue weighted by molar-refractivity contribution is 6.33. The standard InChI is InChI=1S/C26H28Cl2FN7O2/c1-35(2)9-10-36(3)21-12-22(38-4)20(11-19(21)32-25(37)24(28)29)33-26-31-14-17(27)23(34-26)16-13-30-18-8-6-5-7-15(16)18/h5-8,11-14,24,30H,9-10H2,1-4H3,(H,32,37)(H,31,33,34). The van der Waals surface area contributed by atoms with Crippen LogP contribution in [0.25, 0.3) is 22.2 Å². The number of carbonyl (C=O) groups is 1. The number of benzene rings is 2. The van der Waals surface area contributed by atoms with Gasteiger partial charge in [0.05, 0.1) is 41.1 Å². The van der Waals surface area contributed by atoms with E-state index in [-0.39, 0.29) is 5.95 Å². The molecule has 1 atom stereocenters. The van der Waals surface area contributed by atoms with Gasteiger partial charge in [-0.25, -0.2) is 14.4 Å². The minimum atomic E-state index is -2.20. The molecule has 0 bridgehead atoms. The Hall–Kier alpha value is -3.60. The second-order valence-corrected chi connectivity index (χ2v) is 9.64. The van der Waals surface area contributed by atoms with Crippen molar-refractivity contribution < 1.29 is 13.9 Å². The molecule has 4 aromatic rings. The minimum absolute atomic E-state index is 0.250. The maximum atomic E-state index is 13.5. The van der Waals surface area contributed by atoms with Crippen LogP contribution in [0.4, 0.5) is 27.4 Å². The van der Waals surface area contributed by atoms with Gasteiger partial charge in [-0.1, -0.05) is 41.4 Å². The van der Waals surface area contributed by atoms with Crippen molar-refractivity contribution >= 4 is 63.0 Å². The van der Waals surface area contributed by atoms with E-state index in [1.165, 1.54) is 13.3 Å². The van der Waals surface area contributed by atoms with Gasteiger partial charge in [0.15, 0.2) is 0 Å². The van der Waals surface area contributed by atoms with Crippen LogP contribution in [0.15, 0.2) is 48.8 Å². The zero-order valence-corrected chi connectivity index (χ0v) is 22.9. The summed E-state index contributed by atoms with van der Waals surface area (Å²) in [6.45, 7) is 1.39. The lowest BCUT2D eigenvalue weighted by molar-refractivity contribution is -0.118. The predicted molar refractivity (Wildman–Crippen MR) is 152 cm³/mol. The van der Waals surface area contributed by atoms with Crippen LogP contribution in [0.2, 0.25) is 5.02 Å². The van der Waals surface area contributed by atoms with Crippen LogP contribution in [-0.4, -0.2) is 72.7 Å². The smallest absolute Gasteiger partial charge is 0.274 e. The molecule has 200 valence electrons. The highest BCUT2D eigenvalue weighted by Crippen LogP contribution is 2.39. The van der Waals surface area contributed by atoms with E-state index in [1.807, 2.05) is 61.4 Å². The molecule has 0 saturated carbocycles. The van der Waals surface area contributed by atoms with E-state index in [9.17, 15) is 9.18 Å². The molecule has 0 spiro atoms. The van der Waals surface area contributed by atoms with E-state index >= 15 is 0 Å². The number of fused-ring (bicyclic) bond motifs is 1. The lowest BCUT2D eigenvalue weighted by Crippen LogP contribution is -2.30. The van der Waals surface area contributed by atoms with E-state index in [0.29, 0.717) is 40.1 Å². The van der Waals surface area contributed by atoms with E-state index in [4.69, 9.17) is 27.9 Å². The molecule has 1 amide bonds. The number of anilines is 4. The Kier molecular flexibility index (Phi) is 8.55. The fraction of sp³-hybridized carbons (Fsp3) is 0.269. The maximum Gasteiger partial charge on any atom is 0.274 e. The van der Waals surface area contributed by atoms with Gasteiger partial charge in [-0.3, -0.25) is 4.79 Å². The fourth-order valence-electron chi connectivity index (χ4n) is 3.91. The number of amides is 1. The highest BCUT2D eigenvalue weighted by Gasteiger charge is 2.21. The van der Waals surface area contributed by atoms with Crippen molar-refractivity contribution in [2.45, 2.75) is 5.63 Å². The van der Waals surface area contributed by atoms with Gasteiger partial charge < -0.3 is 30.2 Å². The third-order valence-corrected chi connectivity index (χ3v) is 6.38. The van der Waals surface area contributed by atoms with Gasteiger partial charge in [0.1, 0.15) is 5.75 Å². The van der Waals surface area contributed by atoms with Crippen molar-refractivity contribution in [3.05, 3.63) is 53.8 Å². The number of alkyl halides is 2. The van der Waals surface area contributed by atoms with Crippen LogP contribution in [0.5, 0.6) is 5.75 Å². The Bertz CT molecular complexity index is 1440. The molecule has 2 aromatic carbocycles. The number of hydrogen-bond acceptors (Lipinski definition) is 7. The number of methoxy groups -OCH3 is 1. The molecule has 0 aliphatic rings. The molecule has 0 saturated heterocycles. The Balaban J connectivity index is 1.73. The summed E-state index contributed by atoms with van der Waals surface area (Å²) in [6.07, 6.45) is 3.35. The van der Waals surface area contributed by atoms with E-state index in [0.717, 1.165) is 23.0 Å². The number of halogens is 3. The first-order chi connectivity index (χ1) is 18.2. The summed E-state index contributed by atoms with van der Waals surface area (Å²) in [4.78, 5) is 28.3. The number of ether oxygens (including phenoxy) is 1. The molecule has 3 N–H and O–H groups in total. The molecule has 9 nitrogen and oxygen atoms in total. The Morgan fingerprint density at radius 2 is 1.95 bits per heavy atom. The summed E-state index contributed by atoms with van der Waals surface area (Å²) < 4.78 is 19.2. The quantitative estimate of drug-likeness (QED) is 0.220. The Morgan fingerprint density at radius 1 is 1.18 bits per heavy atom. The third-order valence-electron chi connectivity index (χ3n) is 5.90. The average molecular weight is 560 g/mol. The second kappa shape index (κ2) is 11.8. The lowest BCUT2D eigenvalue weighted by atomic mass is 10.1. The summed E-state index contributed by atoms with van der Waals surface area (Å²) in [5.74, 6) is -0.265. The molecule has 0 aliphatic carbocycles. The lowest BCUT2D eigenvalue weighted by Gasteiger charge is -2.26. The number of carbonyl (C=O) groups excluding carboxylic acids is 1. The normalized spacial score (nSPS) is 12.0. The number of H-pyrrole nitrogens is 1. The van der Waals surface area contributed by atoms with Crippen molar-refractivity contribution in [1.82, 2.24) is 19.9 Å². The molecule has 0 fully saturated rings. The molecule has 1 unspecified atom stereocenters. The Morgan fingerprint density at radius 3 is 2.66 bits per heavy atom. The van der Waals surface area contributed by atoms with Crippen LogP contribution < -0.4 is 20.3 Å². The summed E-state index contributed by atoms with van der Waals surface area (Å²) in [6, 6.07) is 11.2. The Labute approximate surface area is 229 Å². The van der Waals surface area contributed by atoms with Gasteiger partial charge in [-0.2, -0.15) is 0 Å². The van der Waals surface area contributed by atoms with Gasteiger partial charge in [0, 0.05) is 48.9 Å². The second-order valence-electron chi connectivity index (χ2n) is 8.85. The van der Waals surface area contributed by atoms with Crippen LogP contribution in [0.1, 0.15) is 0 Å². The number of para-hydroxylation sites is 1. The molecule has 4 rings (SSSR count). The number of nitrogens with one attached hydrogen (secondary N) is 3.